The first-order valence-corrected chi connectivity index (χ1v) is 6.93. The summed E-state index contributed by atoms with van der Waals surface area (Å²) >= 11 is 5.03. The molecule has 0 unspecified atom stereocenters. The van der Waals surface area contributed by atoms with E-state index in [1.54, 1.807) is 0 Å². The second kappa shape index (κ2) is 5.05. The number of benzene rings is 2. The van der Waals surface area contributed by atoms with Gasteiger partial charge < -0.3 is 15.5 Å². The average Bonchev–Trinajstić information content (AvgIpc) is 2.47. The molecule has 0 aliphatic carbocycles. The molecule has 4 heteroatoms. The SMILES string of the molecule is NC(=S)N1CCN(c2cccc3ccccc23)CC1. The van der Waals surface area contributed by atoms with E-state index in [0.29, 0.717) is 5.11 Å². The van der Waals surface area contributed by atoms with Crippen molar-refractivity contribution in [3.8, 4) is 0 Å². The van der Waals surface area contributed by atoms with Gasteiger partial charge in [-0.05, 0) is 23.7 Å². The third kappa shape index (κ3) is 2.36. The molecule has 98 valence electrons. The van der Waals surface area contributed by atoms with Crippen LogP contribution in [0.1, 0.15) is 0 Å². The molecule has 3 rings (SSSR count). The fourth-order valence-corrected chi connectivity index (χ4v) is 2.83. The highest BCUT2D eigenvalue weighted by Crippen LogP contribution is 2.27. The fourth-order valence-electron chi connectivity index (χ4n) is 2.65. The predicted molar refractivity (Wildman–Crippen MR) is 84.5 cm³/mol. The molecule has 1 fully saturated rings. The Labute approximate surface area is 118 Å². The molecule has 2 aromatic carbocycles. The van der Waals surface area contributed by atoms with Crippen LogP contribution in [0.15, 0.2) is 42.5 Å². The van der Waals surface area contributed by atoms with E-state index >= 15 is 0 Å². The van der Waals surface area contributed by atoms with Crippen molar-refractivity contribution >= 4 is 33.8 Å². The van der Waals surface area contributed by atoms with Crippen molar-refractivity contribution in [1.82, 2.24) is 4.90 Å². The highest BCUT2D eigenvalue weighted by atomic mass is 32.1. The highest BCUT2D eigenvalue weighted by Gasteiger charge is 2.18. The zero-order chi connectivity index (χ0) is 13.2. The Morgan fingerprint density at radius 3 is 2.37 bits per heavy atom. The molecule has 0 saturated carbocycles. The van der Waals surface area contributed by atoms with Gasteiger partial charge in [-0.3, -0.25) is 0 Å². The molecule has 0 amide bonds. The van der Waals surface area contributed by atoms with Gasteiger partial charge in [0.15, 0.2) is 5.11 Å². The largest absolute Gasteiger partial charge is 0.376 e. The zero-order valence-electron chi connectivity index (χ0n) is 10.7. The van der Waals surface area contributed by atoms with Gasteiger partial charge in [-0.2, -0.15) is 0 Å². The smallest absolute Gasteiger partial charge is 0.166 e. The maximum absolute atomic E-state index is 5.68. The van der Waals surface area contributed by atoms with Crippen molar-refractivity contribution in [3.63, 3.8) is 0 Å². The van der Waals surface area contributed by atoms with Crippen LogP contribution in [0.2, 0.25) is 0 Å². The van der Waals surface area contributed by atoms with Crippen LogP contribution in [-0.2, 0) is 0 Å². The maximum atomic E-state index is 5.68. The van der Waals surface area contributed by atoms with Gasteiger partial charge in [0.25, 0.3) is 0 Å². The molecule has 0 atom stereocenters. The monoisotopic (exact) mass is 271 g/mol. The minimum atomic E-state index is 0.512. The van der Waals surface area contributed by atoms with Gasteiger partial charge in [-0.15, -0.1) is 0 Å². The lowest BCUT2D eigenvalue weighted by molar-refractivity contribution is 0.389. The molecular weight excluding hydrogens is 254 g/mol. The van der Waals surface area contributed by atoms with Crippen molar-refractivity contribution in [3.05, 3.63) is 42.5 Å². The Kier molecular flexibility index (Phi) is 3.25. The second-order valence-corrected chi connectivity index (χ2v) is 5.23. The third-order valence-electron chi connectivity index (χ3n) is 3.70. The van der Waals surface area contributed by atoms with E-state index in [2.05, 4.69) is 52.3 Å². The Morgan fingerprint density at radius 2 is 1.63 bits per heavy atom. The topological polar surface area (TPSA) is 32.5 Å². The molecule has 0 aromatic heterocycles. The van der Waals surface area contributed by atoms with Gasteiger partial charge in [-0.1, -0.05) is 36.4 Å². The van der Waals surface area contributed by atoms with Gasteiger partial charge in [0.2, 0.25) is 0 Å². The Hall–Kier alpha value is -1.81. The predicted octanol–water partition coefficient (Wildman–Crippen LogP) is 2.21. The standard InChI is InChI=1S/C15H17N3S/c16-15(19)18-10-8-17(9-11-18)14-7-3-5-12-4-1-2-6-13(12)14/h1-7H,8-11H2,(H2,16,19). The average molecular weight is 271 g/mol. The summed E-state index contributed by atoms with van der Waals surface area (Å²) in [6.45, 7) is 3.73. The molecule has 0 bridgehead atoms. The van der Waals surface area contributed by atoms with E-state index in [0.717, 1.165) is 26.2 Å². The molecule has 0 spiro atoms. The van der Waals surface area contributed by atoms with Gasteiger partial charge in [0, 0.05) is 37.3 Å². The highest BCUT2D eigenvalue weighted by molar-refractivity contribution is 7.80. The first kappa shape index (κ1) is 12.2. The van der Waals surface area contributed by atoms with Crippen molar-refractivity contribution in [2.45, 2.75) is 0 Å². The minimum Gasteiger partial charge on any atom is -0.376 e. The number of anilines is 1. The summed E-state index contributed by atoms with van der Waals surface area (Å²) in [4.78, 5) is 4.48. The molecule has 1 heterocycles. The third-order valence-corrected chi connectivity index (χ3v) is 3.96. The van der Waals surface area contributed by atoms with Gasteiger partial charge >= 0.3 is 0 Å². The number of hydrogen-bond donors (Lipinski definition) is 1. The van der Waals surface area contributed by atoms with E-state index in [1.807, 2.05) is 0 Å². The lowest BCUT2D eigenvalue weighted by atomic mass is 10.1. The van der Waals surface area contributed by atoms with E-state index < -0.39 is 0 Å². The van der Waals surface area contributed by atoms with Gasteiger partial charge in [0.1, 0.15) is 0 Å². The summed E-state index contributed by atoms with van der Waals surface area (Å²) in [5.41, 5.74) is 6.99. The molecule has 2 N–H and O–H groups in total. The normalized spacial score (nSPS) is 15.8. The first-order chi connectivity index (χ1) is 9.25. The van der Waals surface area contributed by atoms with E-state index in [9.17, 15) is 0 Å². The minimum absolute atomic E-state index is 0.512. The number of nitrogens with two attached hydrogens (primary N) is 1. The summed E-state index contributed by atoms with van der Waals surface area (Å²) < 4.78 is 0. The molecular formula is C15H17N3S. The summed E-state index contributed by atoms with van der Waals surface area (Å²) in [5, 5.41) is 3.11. The van der Waals surface area contributed by atoms with Crippen LogP contribution in [0.25, 0.3) is 10.8 Å². The number of fused-ring (bicyclic) bond motifs is 1. The number of nitrogens with zero attached hydrogens (tertiary/aromatic N) is 2. The van der Waals surface area contributed by atoms with Crippen LogP contribution in [-0.4, -0.2) is 36.2 Å². The van der Waals surface area contributed by atoms with Crippen molar-refractivity contribution < 1.29 is 0 Å². The first-order valence-electron chi connectivity index (χ1n) is 6.53. The second-order valence-electron chi connectivity index (χ2n) is 4.81. The van der Waals surface area contributed by atoms with Crippen molar-refractivity contribution in [2.24, 2.45) is 5.73 Å². The zero-order valence-corrected chi connectivity index (χ0v) is 11.6. The molecule has 1 aliphatic heterocycles. The maximum Gasteiger partial charge on any atom is 0.166 e. The number of thiocarbonyl (C=S) groups is 1. The van der Waals surface area contributed by atoms with E-state index in [1.165, 1.54) is 16.5 Å². The Balaban J connectivity index is 1.88. The van der Waals surface area contributed by atoms with E-state index in [4.69, 9.17) is 18.0 Å². The van der Waals surface area contributed by atoms with Crippen LogP contribution in [0, 0.1) is 0 Å². The van der Waals surface area contributed by atoms with Crippen molar-refractivity contribution in [2.75, 3.05) is 31.1 Å². The summed E-state index contributed by atoms with van der Waals surface area (Å²) in [7, 11) is 0. The van der Waals surface area contributed by atoms with Crippen LogP contribution in [0.4, 0.5) is 5.69 Å². The lowest BCUT2D eigenvalue weighted by Crippen LogP contribution is -2.50. The summed E-state index contributed by atoms with van der Waals surface area (Å²) in [6, 6.07) is 15.0. The molecule has 19 heavy (non-hydrogen) atoms. The molecule has 0 radical (unpaired) electrons. The quantitative estimate of drug-likeness (QED) is 0.806. The van der Waals surface area contributed by atoms with Crippen LogP contribution in [0.3, 0.4) is 0 Å². The van der Waals surface area contributed by atoms with Gasteiger partial charge in [0.05, 0.1) is 0 Å². The van der Waals surface area contributed by atoms with Crippen molar-refractivity contribution in [1.29, 1.82) is 0 Å². The number of piperazine rings is 1. The molecule has 3 nitrogen and oxygen atoms in total. The van der Waals surface area contributed by atoms with E-state index in [-0.39, 0.29) is 0 Å². The van der Waals surface area contributed by atoms with Crippen LogP contribution < -0.4 is 10.6 Å². The van der Waals surface area contributed by atoms with Crippen LogP contribution in [0.5, 0.6) is 0 Å². The Bertz CT molecular complexity index is 598. The number of hydrogen-bond acceptors (Lipinski definition) is 2. The summed E-state index contributed by atoms with van der Waals surface area (Å²) in [5.74, 6) is 0. The molecule has 1 saturated heterocycles. The molecule has 1 aliphatic rings. The molecule has 2 aromatic rings. The van der Waals surface area contributed by atoms with Crippen LogP contribution >= 0.6 is 12.2 Å². The fraction of sp³-hybridized carbons (Fsp3) is 0.267. The lowest BCUT2D eigenvalue weighted by Gasteiger charge is -2.36. The number of rotatable bonds is 1. The van der Waals surface area contributed by atoms with Gasteiger partial charge in [-0.25, -0.2) is 0 Å². The Morgan fingerprint density at radius 1 is 0.947 bits per heavy atom. The summed E-state index contributed by atoms with van der Waals surface area (Å²) in [6.07, 6.45) is 0.